The molecule has 6 heteroatoms. The van der Waals surface area contributed by atoms with Crippen molar-refractivity contribution >= 4 is 11.8 Å². The Morgan fingerprint density at radius 2 is 1.96 bits per heavy atom. The van der Waals surface area contributed by atoms with Crippen LogP contribution in [0.1, 0.15) is 12.0 Å². The second-order valence-corrected chi connectivity index (χ2v) is 6.41. The van der Waals surface area contributed by atoms with Crippen LogP contribution in [0.5, 0.6) is 0 Å². The van der Waals surface area contributed by atoms with Crippen molar-refractivity contribution in [2.24, 2.45) is 5.92 Å². The van der Waals surface area contributed by atoms with Crippen LogP contribution in [0.3, 0.4) is 0 Å². The molecule has 0 spiro atoms. The molecule has 0 saturated carbocycles. The summed E-state index contributed by atoms with van der Waals surface area (Å²) in [6, 6.07) is 9.89. The van der Waals surface area contributed by atoms with Gasteiger partial charge in [0.25, 0.3) is 0 Å². The van der Waals surface area contributed by atoms with Gasteiger partial charge in [0.1, 0.15) is 0 Å². The third-order valence-electron chi connectivity index (χ3n) is 4.63. The molecular formula is C18H25N3O3. The van der Waals surface area contributed by atoms with Crippen LogP contribution in [-0.2, 0) is 20.9 Å². The van der Waals surface area contributed by atoms with Crippen molar-refractivity contribution in [1.29, 1.82) is 0 Å². The standard InChI is InChI=1S/C18H25N3O3/c22-17-12-16(14-21(17)13-15-4-2-1-3-5-15)18(23)19-6-7-20-8-10-24-11-9-20/h1-5,16H,6-14H2,(H,19,23). The van der Waals surface area contributed by atoms with Crippen LogP contribution >= 0.6 is 0 Å². The Bertz CT molecular complexity index is 558. The number of likely N-dealkylation sites (tertiary alicyclic amines) is 1. The second-order valence-electron chi connectivity index (χ2n) is 6.41. The molecule has 1 aromatic carbocycles. The van der Waals surface area contributed by atoms with E-state index in [-0.39, 0.29) is 17.7 Å². The SMILES string of the molecule is O=C(NCCN1CCOCC1)C1CC(=O)N(Cc2ccccc2)C1. The topological polar surface area (TPSA) is 61.9 Å². The fourth-order valence-electron chi connectivity index (χ4n) is 3.21. The zero-order valence-corrected chi connectivity index (χ0v) is 13.9. The molecule has 2 heterocycles. The number of carbonyl (C=O) groups excluding carboxylic acids is 2. The molecule has 6 nitrogen and oxygen atoms in total. The van der Waals surface area contributed by atoms with Gasteiger partial charge in [-0.3, -0.25) is 14.5 Å². The van der Waals surface area contributed by atoms with Crippen LogP contribution in [0.15, 0.2) is 30.3 Å². The Balaban J connectivity index is 1.42. The van der Waals surface area contributed by atoms with Crippen LogP contribution in [0.25, 0.3) is 0 Å². The highest BCUT2D eigenvalue weighted by atomic mass is 16.5. The van der Waals surface area contributed by atoms with E-state index in [2.05, 4.69) is 10.2 Å². The van der Waals surface area contributed by atoms with E-state index in [1.165, 1.54) is 0 Å². The molecule has 1 unspecified atom stereocenters. The summed E-state index contributed by atoms with van der Waals surface area (Å²) in [6.07, 6.45) is 0.316. The van der Waals surface area contributed by atoms with Gasteiger partial charge in [-0.2, -0.15) is 0 Å². The molecule has 2 aliphatic heterocycles. The van der Waals surface area contributed by atoms with Gasteiger partial charge in [-0.25, -0.2) is 0 Å². The van der Waals surface area contributed by atoms with Gasteiger partial charge in [0.05, 0.1) is 19.1 Å². The van der Waals surface area contributed by atoms with Crippen molar-refractivity contribution < 1.29 is 14.3 Å². The predicted octanol–water partition coefficient (Wildman–Crippen LogP) is 0.484. The second kappa shape index (κ2) is 8.26. The molecule has 3 rings (SSSR count). The summed E-state index contributed by atoms with van der Waals surface area (Å²) in [5.41, 5.74) is 1.10. The average molecular weight is 331 g/mol. The maximum Gasteiger partial charge on any atom is 0.225 e. The summed E-state index contributed by atoms with van der Waals surface area (Å²) in [6.45, 7) is 5.92. The number of nitrogens with zero attached hydrogens (tertiary/aromatic N) is 2. The van der Waals surface area contributed by atoms with Crippen molar-refractivity contribution in [2.45, 2.75) is 13.0 Å². The molecule has 130 valence electrons. The highest BCUT2D eigenvalue weighted by molar-refractivity contribution is 5.89. The molecule has 1 aromatic rings. The molecular weight excluding hydrogens is 306 g/mol. The number of amides is 2. The smallest absolute Gasteiger partial charge is 0.225 e. The number of rotatable bonds is 6. The minimum Gasteiger partial charge on any atom is -0.379 e. The van der Waals surface area contributed by atoms with E-state index in [0.717, 1.165) is 38.4 Å². The van der Waals surface area contributed by atoms with Crippen molar-refractivity contribution in [3.05, 3.63) is 35.9 Å². The van der Waals surface area contributed by atoms with E-state index < -0.39 is 0 Å². The van der Waals surface area contributed by atoms with Gasteiger partial charge in [-0.15, -0.1) is 0 Å². The number of morpholine rings is 1. The summed E-state index contributed by atoms with van der Waals surface area (Å²) in [4.78, 5) is 28.5. The number of benzene rings is 1. The first-order valence-electron chi connectivity index (χ1n) is 8.62. The predicted molar refractivity (Wildman–Crippen MR) is 90.2 cm³/mol. The molecule has 1 atom stereocenters. The minimum absolute atomic E-state index is 0.00725. The van der Waals surface area contributed by atoms with Crippen molar-refractivity contribution in [1.82, 2.24) is 15.1 Å². The fourth-order valence-corrected chi connectivity index (χ4v) is 3.21. The van der Waals surface area contributed by atoms with Crippen LogP contribution in [0, 0.1) is 5.92 Å². The molecule has 0 aliphatic carbocycles. The fraction of sp³-hybridized carbons (Fsp3) is 0.556. The third-order valence-corrected chi connectivity index (χ3v) is 4.63. The molecule has 0 aromatic heterocycles. The Kier molecular flexibility index (Phi) is 5.82. The monoisotopic (exact) mass is 331 g/mol. The van der Waals surface area contributed by atoms with E-state index in [4.69, 9.17) is 4.74 Å². The van der Waals surface area contributed by atoms with E-state index in [1.807, 2.05) is 30.3 Å². The van der Waals surface area contributed by atoms with Crippen LogP contribution in [0.4, 0.5) is 0 Å². The maximum atomic E-state index is 12.3. The Morgan fingerprint density at radius 3 is 2.71 bits per heavy atom. The molecule has 1 N–H and O–H groups in total. The maximum absolute atomic E-state index is 12.3. The summed E-state index contributed by atoms with van der Waals surface area (Å²) in [5.74, 6) is -0.176. The summed E-state index contributed by atoms with van der Waals surface area (Å²) in [5, 5.41) is 2.98. The first kappa shape index (κ1) is 16.9. The molecule has 0 radical (unpaired) electrons. The summed E-state index contributed by atoms with van der Waals surface area (Å²) < 4.78 is 5.31. The molecule has 24 heavy (non-hydrogen) atoms. The van der Waals surface area contributed by atoms with Gasteiger partial charge in [0.15, 0.2) is 0 Å². The Hall–Kier alpha value is -1.92. The zero-order valence-electron chi connectivity index (χ0n) is 13.9. The lowest BCUT2D eigenvalue weighted by Gasteiger charge is -2.26. The van der Waals surface area contributed by atoms with E-state index in [9.17, 15) is 9.59 Å². The molecule has 2 fully saturated rings. The largest absolute Gasteiger partial charge is 0.379 e. The number of carbonyl (C=O) groups is 2. The van der Waals surface area contributed by atoms with Gasteiger partial charge < -0.3 is 15.0 Å². The lowest BCUT2D eigenvalue weighted by molar-refractivity contribution is -0.129. The van der Waals surface area contributed by atoms with Crippen molar-refractivity contribution in [3.63, 3.8) is 0 Å². The number of hydrogen-bond acceptors (Lipinski definition) is 4. The van der Waals surface area contributed by atoms with Crippen molar-refractivity contribution in [2.75, 3.05) is 45.9 Å². The highest BCUT2D eigenvalue weighted by Crippen LogP contribution is 2.20. The number of hydrogen-bond donors (Lipinski definition) is 1. The lowest BCUT2D eigenvalue weighted by Crippen LogP contribution is -2.42. The van der Waals surface area contributed by atoms with Gasteiger partial charge in [-0.1, -0.05) is 30.3 Å². The Labute approximate surface area is 142 Å². The quantitative estimate of drug-likeness (QED) is 0.824. The first-order chi connectivity index (χ1) is 11.7. The van der Waals surface area contributed by atoms with E-state index in [0.29, 0.717) is 26.1 Å². The van der Waals surface area contributed by atoms with Crippen LogP contribution < -0.4 is 5.32 Å². The van der Waals surface area contributed by atoms with Crippen molar-refractivity contribution in [3.8, 4) is 0 Å². The third kappa shape index (κ3) is 4.55. The summed E-state index contributed by atoms with van der Waals surface area (Å²) >= 11 is 0. The number of nitrogens with one attached hydrogen (secondary N) is 1. The summed E-state index contributed by atoms with van der Waals surface area (Å²) in [7, 11) is 0. The van der Waals surface area contributed by atoms with E-state index in [1.54, 1.807) is 4.90 Å². The van der Waals surface area contributed by atoms with Gasteiger partial charge >= 0.3 is 0 Å². The van der Waals surface area contributed by atoms with Gasteiger partial charge in [0, 0.05) is 45.7 Å². The highest BCUT2D eigenvalue weighted by Gasteiger charge is 2.34. The molecule has 2 amide bonds. The lowest BCUT2D eigenvalue weighted by atomic mass is 10.1. The van der Waals surface area contributed by atoms with Gasteiger partial charge in [0.2, 0.25) is 11.8 Å². The molecule has 2 aliphatic rings. The molecule has 0 bridgehead atoms. The number of ether oxygens (including phenoxy) is 1. The van der Waals surface area contributed by atoms with Crippen LogP contribution in [0.2, 0.25) is 0 Å². The van der Waals surface area contributed by atoms with E-state index >= 15 is 0 Å². The molecule has 2 saturated heterocycles. The minimum atomic E-state index is -0.231. The Morgan fingerprint density at radius 1 is 1.21 bits per heavy atom. The average Bonchev–Trinajstić information content (AvgIpc) is 2.97. The normalized spacial score (nSPS) is 21.9. The first-order valence-corrected chi connectivity index (χ1v) is 8.62. The zero-order chi connectivity index (χ0) is 16.8. The van der Waals surface area contributed by atoms with Crippen LogP contribution in [-0.4, -0.2) is 67.6 Å². The van der Waals surface area contributed by atoms with Gasteiger partial charge in [-0.05, 0) is 5.56 Å².